The predicted octanol–water partition coefficient (Wildman–Crippen LogP) is 5.37. The lowest BCUT2D eigenvalue weighted by Gasteiger charge is -2.20. The first kappa shape index (κ1) is 13.8. The maximum atomic E-state index is 3.73. The van der Waals surface area contributed by atoms with Crippen LogP contribution in [0, 0.1) is 0 Å². The van der Waals surface area contributed by atoms with Crippen LogP contribution in [0.4, 0.5) is 0 Å². The van der Waals surface area contributed by atoms with Gasteiger partial charge in [-0.2, -0.15) is 0 Å². The van der Waals surface area contributed by atoms with Crippen LogP contribution < -0.4 is 0 Å². The molecule has 94 valence electrons. The largest absolute Gasteiger partial charge is 0.0916 e. The van der Waals surface area contributed by atoms with Gasteiger partial charge in [0.05, 0.1) is 0 Å². The molecule has 0 spiro atoms. The zero-order chi connectivity index (χ0) is 12.8. The van der Waals surface area contributed by atoms with Crippen molar-refractivity contribution < 1.29 is 0 Å². The molecule has 1 atom stereocenters. The summed E-state index contributed by atoms with van der Waals surface area (Å²) in [4.78, 5) is 0.489. The molecule has 0 heterocycles. The molecule has 2 rings (SSSR count). The van der Waals surface area contributed by atoms with Crippen LogP contribution in [-0.2, 0) is 0 Å². The molecule has 0 aliphatic heterocycles. The Morgan fingerprint density at radius 3 is 1.61 bits per heavy atom. The van der Waals surface area contributed by atoms with E-state index in [1.807, 2.05) is 0 Å². The second-order valence-electron chi connectivity index (χ2n) is 4.36. The van der Waals surface area contributed by atoms with Gasteiger partial charge >= 0.3 is 0 Å². The first-order valence-corrected chi connectivity index (χ1v) is 8.15. The first-order chi connectivity index (χ1) is 8.81. The summed E-state index contributed by atoms with van der Waals surface area (Å²) in [5, 5.41) is 0.975. The van der Waals surface area contributed by atoms with Crippen LogP contribution in [0.25, 0.3) is 0 Å². The van der Waals surface area contributed by atoms with E-state index in [0.717, 1.165) is 11.8 Å². The minimum atomic E-state index is 0.453. The summed E-state index contributed by atoms with van der Waals surface area (Å²) in [6, 6.07) is 21.5. The Balaban J connectivity index is 2.29. The number of halogens is 2. The van der Waals surface area contributed by atoms with E-state index >= 15 is 0 Å². The smallest absolute Gasteiger partial charge is 0.0251 e. The summed E-state index contributed by atoms with van der Waals surface area (Å²) in [5.41, 5.74) is 2.77. The second kappa shape index (κ2) is 7.10. The number of alkyl halides is 2. The number of hydrogen-bond donors (Lipinski definition) is 0. The average Bonchev–Trinajstić information content (AvgIpc) is 2.46. The van der Waals surface area contributed by atoms with Gasteiger partial charge in [-0.15, -0.1) is 0 Å². The van der Waals surface area contributed by atoms with E-state index in [1.54, 1.807) is 0 Å². The van der Waals surface area contributed by atoms with Crippen molar-refractivity contribution in [3.05, 3.63) is 71.8 Å². The molecular weight excluding hydrogens is 352 g/mol. The molecule has 0 aliphatic rings. The highest BCUT2D eigenvalue weighted by atomic mass is 79.9. The lowest BCUT2D eigenvalue weighted by molar-refractivity contribution is 0.723. The molecule has 0 saturated heterocycles. The molecule has 0 nitrogen and oxygen atoms in total. The topological polar surface area (TPSA) is 0 Å². The SMILES string of the molecule is BrCC(Br)CC(c1ccccc1)c1ccccc1. The predicted molar refractivity (Wildman–Crippen MR) is 85.9 cm³/mol. The quantitative estimate of drug-likeness (QED) is 0.623. The van der Waals surface area contributed by atoms with Crippen molar-refractivity contribution in [3.8, 4) is 0 Å². The third kappa shape index (κ3) is 3.69. The molecule has 0 aromatic heterocycles. The molecule has 0 saturated carbocycles. The maximum absolute atomic E-state index is 3.73. The second-order valence-corrected chi connectivity index (χ2v) is 6.30. The van der Waals surface area contributed by atoms with Crippen LogP contribution in [0.5, 0.6) is 0 Å². The van der Waals surface area contributed by atoms with Gasteiger partial charge in [0.2, 0.25) is 0 Å². The molecule has 1 unspecified atom stereocenters. The monoisotopic (exact) mass is 366 g/mol. The van der Waals surface area contributed by atoms with E-state index in [4.69, 9.17) is 0 Å². The van der Waals surface area contributed by atoms with Gasteiger partial charge in [0.1, 0.15) is 0 Å². The summed E-state index contributed by atoms with van der Waals surface area (Å²) in [6.45, 7) is 0. The molecular formula is C16H16Br2. The van der Waals surface area contributed by atoms with Gasteiger partial charge < -0.3 is 0 Å². The molecule has 0 amide bonds. The summed E-state index contributed by atoms with van der Waals surface area (Å²) in [7, 11) is 0. The summed E-state index contributed by atoms with van der Waals surface area (Å²) < 4.78 is 0. The molecule has 18 heavy (non-hydrogen) atoms. The first-order valence-electron chi connectivity index (χ1n) is 6.11. The van der Waals surface area contributed by atoms with Gasteiger partial charge in [-0.3, -0.25) is 0 Å². The standard InChI is InChI=1S/C16H16Br2/c17-12-15(18)11-16(13-7-3-1-4-8-13)14-9-5-2-6-10-14/h1-10,15-16H,11-12H2. The Kier molecular flexibility index (Phi) is 5.45. The molecule has 2 heteroatoms. The van der Waals surface area contributed by atoms with Gasteiger partial charge in [0.25, 0.3) is 0 Å². The van der Waals surface area contributed by atoms with Crippen LogP contribution in [0.2, 0.25) is 0 Å². The fourth-order valence-electron chi connectivity index (χ4n) is 2.15. The normalized spacial score (nSPS) is 12.6. The third-order valence-corrected chi connectivity index (χ3v) is 5.41. The molecule has 0 radical (unpaired) electrons. The van der Waals surface area contributed by atoms with Gasteiger partial charge in [0.15, 0.2) is 0 Å². The fraction of sp³-hybridized carbons (Fsp3) is 0.250. The highest BCUT2D eigenvalue weighted by molar-refractivity contribution is 9.12. The highest BCUT2D eigenvalue weighted by Gasteiger charge is 2.17. The maximum Gasteiger partial charge on any atom is 0.0251 e. The van der Waals surface area contributed by atoms with E-state index in [1.165, 1.54) is 11.1 Å². The fourth-order valence-corrected chi connectivity index (χ4v) is 2.79. The zero-order valence-electron chi connectivity index (χ0n) is 10.1. The summed E-state index contributed by atoms with van der Waals surface area (Å²) >= 11 is 7.27. The molecule has 2 aromatic carbocycles. The third-order valence-electron chi connectivity index (χ3n) is 3.06. The van der Waals surface area contributed by atoms with Crippen molar-refractivity contribution in [1.82, 2.24) is 0 Å². The molecule has 0 aliphatic carbocycles. The molecule has 0 fully saturated rings. The summed E-state index contributed by atoms with van der Waals surface area (Å²) in [6.07, 6.45) is 1.10. The van der Waals surface area contributed by atoms with Gasteiger partial charge in [0, 0.05) is 16.1 Å². The van der Waals surface area contributed by atoms with Crippen LogP contribution in [0.15, 0.2) is 60.7 Å². The van der Waals surface area contributed by atoms with Crippen molar-refractivity contribution in [2.75, 3.05) is 5.33 Å². The average molecular weight is 368 g/mol. The summed E-state index contributed by atoms with van der Waals surface area (Å²) in [5.74, 6) is 0.453. The Hall–Kier alpha value is -0.600. The van der Waals surface area contributed by atoms with E-state index in [9.17, 15) is 0 Å². The molecule has 0 N–H and O–H groups in total. The minimum Gasteiger partial charge on any atom is -0.0916 e. The van der Waals surface area contributed by atoms with E-state index in [-0.39, 0.29) is 0 Å². The number of hydrogen-bond acceptors (Lipinski definition) is 0. The highest BCUT2D eigenvalue weighted by Crippen LogP contribution is 2.31. The Bertz CT molecular complexity index is 414. The van der Waals surface area contributed by atoms with Crippen molar-refractivity contribution in [2.45, 2.75) is 17.2 Å². The Labute approximate surface area is 126 Å². The lowest BCUT2D eigenvalue weighted by Crippen LogP contribution is -2.09. The van der Waals surface area contributed by atoms with Gasteiger partial charge in [-0.1, -0.05) is 92.5 Å². The minimum absolute atomic E-state index is 0.453. The molecule has 0 bridgehead atoms. The van der Waals surface area contributed by atoms with Crippen LogP contribution >= 0.6 is 31.9 Å². The van der Waals surface area contributed by atoms with Crippen molar-refractivity contribution in [1.29, 1.82) is 0 Å². The number of benzene rings is 2. The van der Waals surface area contributed by atoms with Crippen LogP contribution in [0.1, 0.15) is 23.5 Å². The van der Waals surface area contributed by atoms with Crippen LogP contribution in [0.3, 0.4) is 0 Å². The van der Waals surface area contributed by atoms with E-state index < -0.39 is 0 Å². The number of rotatable bonds is 5. The zero-order valence-corrected chi connectivity index (χ0v) is 13.3. The molecule has 2 aromatic rings. The van der Waals surface area contributed by atoms with Crippen molar-refractivity contribution >= 4 is 31.9 Å². The lowest BCUT2D eigenvalue weighted by atomic mass is 9.88. The van der Waals surface area contributed by atoms with E-state index in [0.29, 0.717) is 10.7 Å². The van der Waals surface area contributed by atoms with Gasteiger partial charge in [-0.05, 0) is 17.5 Å². The van der Waals surface area contributed by atoms with Crippen molar-refractivity contribution in [3.63, 3.8) is 0 Å². The Morgan fingerprint density at radius 2 is 1.22 bits per heavy atom. The van der Waals surface area contributed by atoms with Crippen LogP contribution in [-0.4, -0.2) is 10.2 Å². The van der Waals surface area contributed by atoms with E-state index in [2.05, 4.69) is 92.5 Å². The van der Waals surface area contributed by atoms with Gasteiger partial charge in [-0.25, -0.2) is 0 Å². The van der Waals surface area contributed by atoms with Crippen molar-refractivity contribution in [2.24, 2.45) is 0 Å². The Morgan fingerprint density at radius 1 is 0.778 bits per heavy atom.